The largest absolute Gasteiger partial charge is 0.469 e. The highest BCUT2D eigenvalue weighted by molar-refractivity contribution is 5.77. The van der Waals surface area contributed by atoms with Gasteiger partial charge in [-0.25, -0.2) is 4.98 Å². The number of methoxy groups -OCH3 is 1. The zero-order valence-corrected chi connectivity index (χ0v) is 16.0. The lowest BCUT2D eigenvalue weighted by molar-refractivity contribution is -0.141. The average Bonchev–Trinajstić information content (AvgIpc) is 2.72. The second-order valence-corrected chi connectivity index (χ2v) is 6.65. The normalized spacial score (nSPS) is 12.0. The molecule has 162 valence electrons. The van der Waals surface area contributed by atoms with E-state index in [2.05, 4.69) is 9.72 Å². The third-order valence-electron chi connectivity index (χ3n) is 4.45. The number of alkyl halides is 6. The second-order valence-electron chi connectivity index (χ2n) is 6.65. The molecule has 3 aromatic rings. The lowest BCUT2D eigenvalue weighted by atomic mass is 9.96. The number of benzene rings is 2. The van der Waals surface area contributed by atoms with Gasteiger partial charge >= 0.3 is 18.3 Å². The van der Waals surface area contributed by atoms with E-state index < -0.39 is 29.6 Å². The van der Waals surface area contributed by atoms with Gasteiger partial charge in [0.15, 0.2) is 0 Å². The van der Waals surface area contributed by atoms with Crippen LogP contribution in [0.3, 0.4) is 0 Å². The Kier molecular flexibility index (Phi) is 6.06. The van der Waals surface area contributed by atoms with Gasteiger partial charge in [-0.05, 0) is 53.1 Å². The number of hydrogen-bond donors (Lipinski definition) is 0. The van der Waals surface area contributed by atoms with E-state index in [0.29, 0.717) is 16.7 Å². The summed E-state index contributed by atoms with van der Waals surface area (Å²) in [4.78, 5) is 15.4. The molecule has 1 aromatic heterocycles. The van der Waals surface area contributed by atoms with Crippen molar-refractivity contribution in [2.75, 3.05) is 7.11 Å². The van der Waals surface area contributed by atoms with Gasteiger partial charge in [-0.2, -0.15) is 26.3 Å². The molecule has 0 saturated heterocycles. The van der Waals surface area contributed by atoms with Crippen molar-refractivity contribution in [3.05, 3.63) is 77.5 Å². The Morgan fingerprint density at radius 3 is 2.06 bits per heavy atom. The summed E-state index contributed by atoms with van der Waals surface area (Å²) >= 11 is 0. The molecule has 0 atom stereocenters. The molecule has 0 amide bonds. The van der Waals surface area contributed by atoms with Crippen LogP contribution < -0.4 is 0 Å². The standard InChI is InChI=1S/C22H15F6NO2/c1-31-20(30)11-13-9-15(14-5-7-17(8-6-14)21(23,24)25)12-16(10-13)18-3-2-4-19(29-18)22(26,27)28/h2-10,12H,11H2,1H3. The van der Waals surface area contributed by atoms with Gasteiger partial charge in [0.1, 0.15) is 5.69 Å². The van der Waals surface area contributed by atoms with Gasteiger partial charge in [0.25, 0.3) is 0 Å². The van der Waals surface area contributed by atoms with Crippen LogP contribution >= 0.6 is 0 Å². The van der Waals surface area contributed by atoms with Gasteiger partial charge in [-0.3, -0.25) is 4.79 Å². The minimum absolute atomic E-state index is 0.00898. The predicted octanol–water partition coefficient (Wildman–Crippen LogP) is 6.17. The number of carbonyl (C=O) groups excluding carboxylic acids is 1. The van der Waals surface area contributed by atoms with E-state index in [1.54, 1.807) is 6.07 Å². The van der Waals surface area contributed by atoms with Crippen LogP contribution in [0.5, 0.6) is 0 Å². The van der Waals surface area contributed by atoms with Crippen LogP contribution in [0, 0.1) is 0 Å². The number of nitrogens with zero attached hydrogens (tertiary/aromatic N) is 1. The maximum absolute atomic E-state index is 13.0. The molecule has 0 radical (unpaired) electrons. The molecule has 0 fully saturated rings. The van der Waals surface area contributed by atoms with Gasteiger partial charge in [-0.1, -0.05) is 24.3 Å². The molecule has 0 unspecified atom stereocenters. The lowest BCUT2D eigenvalue weighted by Crippen LogP contribution is -2.08. The molecule has 0 N–H and O–H groups in total. The van der Waals surface area contributed by atoms with Crippen molar-refractivity contribution in [1.29, 1.82) is 0 Å². The van der Waals surface area contributed by atoms with Crippen LogP contribution in [0.2, 0.25) is 0 Å². The van der Waals surface area contributed by atoms with Crippen molar-refractivity contribution in [3.63, 3.8) is 0 Å². The number of ether oxygens (including phenoxy) is 1. The van der Waals surface area contributed by atoms with Crippen LogP contribution in [0.4, 0.5) is 26.3 Å². The third kappa shape index (κ3) is 5.42. The van der Waals surface area contributed by atoms with E-state index in [1.807, 2.05) is 0 Å². The fraction of sp³-hybridized carbons (Fsp3) is 0.182. The smallest absolute Gasteiger partial charge is 0.433 e. The molecule has 0 bridgehead atoms. The quantitative estimate of drug-likeness (QED) is 0.361. The van der Waals surface area contributed by atoms with Gasteiger partial charge < -0.3 is 4.74 Å². The van der Waals surface area contributed by atoms with Crippen molar-refractivity contribution in [2.24, 2.45) is 0 Å². The number of halogens is 6. The van der Waals surface area contributed by atoms with Gasteiger partial charge in [0, 0.05) is 5.56 Å². The van der Waals surface area contributed by atoms with E-state index in [-0.39, 0.29) is 17.7 Å². The topological polar surface area (TPSA) is 39.2 Å². The summed E-state index contributed by atoms with van der Waals surface area (Å²) in [6, 6.07) is 12.3. The first-order valence-corrected chi connectivity index (χ1v) is 8.90. The van der Waals surface area contributed by atoms with E-state index >= 15 is 0 Å². The Hall–Kier alpha value is -3.36. The van der Waals surface area contributed by atoms with Gasteiger partial charge in [0.2, 0.25) is 0 Å². The maximum Gasteiger partial charge on any atom is 0.433 e. The van der Waals surface area contributed by atoms with Gasteiger partial charge in [-0.15, -0.1) is 0 Å². The minimum atomic E-state index is -4.64. The summed E-state index contributed by atoms with van der Waals surface area (Å²) in [6.45, 7) is 0. The van der Waals surface area contributed by atoms with Crippen molar-refractivity contribution >= 4 is 5.97 Å². The first kappa shape index (κ1) is 22.3. The highest BCUT2D eigenvalue weighted by atomic mass is 19.4. The van der Waals surface area contributed by atoms with Crippen LogP contribution in [0.15, 0.2) is 60.7 Å². The summed E-state index contributed by atoms with van der Waals surface area (Å²) in [5, 5.41) is 0. The Morgan fingerprint density at radius 2 is 1.48 bits per heavy atom. The summed E-state index contributed by atoms with van der Waals surface area (Å²) in [6.07, 6.45) is -9.31. The van der Waals surface area contributed by atoms with Crippen molar-refractivity contribution in [1.82, 2.24) is 4.98 Å². The van der Waals surface area contributed by atoms with Crippen LogP contribution in [-0.4, -0.2) is 18.1 Å². The molecule has 31 heavy (non-hydrogen) atoms. The van der Waals surface area contributed by atoms with Crippen LogP contribution in [0.1, 0.15) is 16.8 Å². The van der Waals surface area contributed by atoms with E-state index in [0.717, 1.165) is 18.2 Å². The molecule has 0 spiro atoms. The fourth-order valence-electron chi connectivity index (χ4n) is 2.95. The number of rotatable bonds is 4. The molecule has 1 heterocycles. The lowest BCUT2D eigenvalue weighted by Gasteiger charge is -2.12. The molecule has 0 aliphatic rings. The van der Waals surface area contributed by atoms with Crippen molar-refractivity contribution < 1.29 is 35.9 Å². The highest BCUT2D eigenvalue weighted by Gasteiger charge is 2.32. The second kappa shape index (κ2) is 8.41. The molecule has 9 heteroatoms. The number of esters is 1. The zero-order chi connectivity index (χ0) is 22.8. The fourth-order valence-corrected chi connectivity index (χ4v) is 2.95. The number of aromatic nitrogens is 1. The number of carbonyl (C=O) groups is 1. The van der Waals surface area contributed by atoms with Crippen molar-refractivity contribution in [2.45, 2.75) is 18.8 Å². The predicted molar refractivity (Wildman–Crippen MR) is 101 cm³/mol. The number of hydrogen-bond acceptors (Lipinski definition) is 3. The minimum Gasteiger partial charge on any atom is -0.469 e. The molecule has 3 rings (SSSR count). The monoisotopic (exact) mass is 439 g/mol. The summed E-state index contributed by atoms with van der Waals surface area (Å²) in [5.74, 6) is -0.576. The maximum atomic E-state index is 13.0. The van der Waals surface area contributed by atoms with Gasteiger partial charge in [0.05, 0.1) is 24.8 Å². The SMILES string of the molecule is COC(=O)Cc1cc(-c2ccc(C(F)(F)F)cc2)cc(-c2cccc(C(F)(F)F)n2)c1. The van der Waals surface area contributed by atoms with Crippen molar-refractivity contribution in [3.8, 4) is 22.4 Å². The van der Waals surface area contributed by atoms with Crippen LogP contribution in [0.25, 0.3) is 22.4 Å². The van der Waals surface area contributed by atoms with E-state index in [9.17, 15) is 31.1 Å². The Bertz CT molecular complexity index is 1090. The first-order chi connectivity index (χ1) is 14.5. The molecule has 3 nitrogen and oxygen atoms in total. The summed E-state index contributed by atoms with van der Waals surface area (Å²) in [7, 11) is 1.19. The Balaban J connectivity index is 2.10. The molecule has 0 aliphatic carbocycles. The average molecular weight is 439 g/mol. The first-order valence-electron chi connectivity index (χ1n) is 8.90. The van der Waals surface area contributed by atoms with E-state index in [4.69, 9.17) is 0 Å². The number of pyridine rings is 1. The van der Waals surface area contributed by atoms with E-state index in [1.165, 1.54) is 43.5 Å². The molecular formula is C22H15F6NO2. The Morgan fingerprint density at radius 1 is 0.839 bits per heavy atom. The summed E-state index contributed by atoms with van der Waals surface area (Å²) < 4.78 is 82.3. The molecule has 0 aliphatic heterocycles. The molecular weight excluding hydrogens is 424 g/mol. The zero-order valence-electron chi connectivity index (χ0n) is 16.0. The Labute approximate surface area is 173 Å². The molecule has 2 aromatic carbocycles. The van der Waals surface area contributed by atoms with Crippen LogP contribution in [-0.2, 0) is 28.3 Å². The third-order valence-corrected chi connectivity index (χ3v) is 4.45. The molecule has 0 saturated carbocycles. The highest BCUT2D eigenvalue weighted by Crippen LogP contribution is 2.34. The summed E-state index contributed by atoms with van der Waals surface area (Å²) in [5.41, 5.74) is -0.394.